The smallest absolute Gasteiger partial charge is 0.243 e. The molecule has 0 aromatic heterocycles. The summed E-state index contributed by atoms with van der Waals surface area (Å²) in [6, 6.07) is 6.19. The third kappa shape index (κ3) is 4.92. The lowest BCUT2D eigenvalue weighted by molar-refractivity contribution is -0.121. The molecule has 1 amide bonds. The normalized spacial score (nSPS) is 26.0. The minimum Gasteiger partial charge on any atom is -0.379 e. The fourth-order valence-electron chi connectivity index (χ4n) is 4.09. The molecule has 1 N–H and O–H groups in total. The van der Waals surface area contributed by atoms with Crippen LogP contribution >= 0.6 is 0 Å². The van der Waals surface area contributed by atoms with E-state index in [1.54, 1.807) is 24.3 Å². The van der Waals surface area contributed by atoms with Crippen LogP contribution in [0.1, 0.15) is 27.2 Å². The zero-order chi connectivity index (χ0) is 20.3. The molecule has 2 aliphatic rings. The van der Waals surface area contributed by atoms with Gasteiger partial charge in [0.15, 0.2) is 0 Å². The van der Waals surface area contributed by atoms with Crippen molar-refractivity contribution in [1.82, 2.24) is 9.21 Å². The maximum atomic E-state index is 12.7. The molecule has 3 rings (SSSR count). The summed E-state index contributed by atoms with van der Waals surface area (Å²) in [5.41, 5.74) is 0.607. The predicted molar refractivity (Wildman–Crippen MR) is 109 cm³/mol. The van der Waals surface area contributed by atoms with Crippen molar-refractivity contribution in [3.05, 3.63) is 24.3 Å². The first-order valence-electron chi connectivity index (χ1n) is 10.00. The minimum absolute atomic E-state index is 0.0647. The number of ether oxygens (including phenoxy) is 1. The highest BCUT2D eigenvalue weighted by molar-refractivity contribution is 7.89. The van der Waals surface area contributed by atoms with Crippen molar-refractivity contribution in [2.24, 2.45) is 11.8 Å². The number of likely N-dealkylation sites (tertiary alicyclic amines) is 1. The van der Waals surface area contributed by atoms with Gasteiger partial charge in [0.25, 0.3) is 0 Å². The van der Waals surface area contributed by atoms with Gasteiger partial charge in [-0.25, -0.2) is 8.42 Å². The molecular weight excluding hydrogens is 378 g/mol. The average Bonchev–Trinajstić information content (AvgIpc) is 2.67. The summed E-state index contributed by atoms with van der Waals surface area (Å²) in [7, 11) is -3.52. The number of nitrogens with zero attached hydrogens (tertiary/aromatic N) is 2. The zero-order valence-electron chi connectivity index (χ0n) is 16.9. The number of anilines is 1. The number of carbonyl (C=O) groups is 1. The number of rotatable bonds is 5. The molecular formula is C20H31N3O4S. The Kier molecular flexibility index (Phi) is 6.75. The lowest BCUT2D eigenvalue weighted by Gasteiger charge is -2.38. The third-order valence-electron chi connectivity index (χ3n) is 5.55. The second kappa shape index (κ2) is 8.90. The number of hydrogen-bond donors (Lipinski definition) is 1. The maximum absolute atomic E-state index is 12.7. The maximum Gasteiger partial charge on any atom is 0.243 e. The molecule has 2 heterocycles. The highest BCUT2D eigenvalue weighted by Crippen LogP contribution is 2.24. The van der Waals surface area contributed by atoms with Gasteiger partial charge in [-0.1, -0.05) is 13.8 Å². The van der Waals surface area contributed by atoms with Crippen LogP contribution in [0, 0.1) is 11.8 Å². The van der Waals surface area contributed by atoms with Crippen LogP contribution < -0.4 is 5.32 Å². The Balaban J connectivity index is 1.62. The number of hydrogen-bond acceptors (Lipinski definition) is 5. The van der Waals surface area contributed by atoms with Crippen LogP contribution in [0.5, 0.6) is 0 Å². The molecule has 0 bridgehead atoms. The fraction of sp³-hybridized carbons (Fsp3) is 0.650. The summed E-state index contributed by atoms with van der Waals surface area (Å²) in [5.74, 6) is 1.11. The van der Waals surface area contributed by atoms with Crippen LogP contribution in [0.25, 0.3) is 0 Å². The van der Waals surface area contributed by atoms with Gasteiger partial charge in [0, 0.05) is 31.9 Å². The molecule has 0 radical (unpaired) electrons. The van der Waals surface area contributed by atoms with E-state index in [9.17, 15) is 13.2 Å². The van der Waals surface area contributed by atoms with Gasteiger partial charge in [-0.3, -0.25) is 9.69 Å². The van der Waals surface area contributed by atoms with Crippen LogP contribution in [0.15, 0.2) is 29.2 Å². The Morgan fingerprint density at radius 1 is 1.11 bits per heavy atom. The Morgan fingerprint density at radius 2 is 1.68 bits per heavy atom. The van der Waals surface area contributed by atoms with E-state index in [-0.39, 0.29) is 16.8 Å². The van der Waals surface area contributed by atoms with E-state index in [1.807, 2.05) is 6.92 Å². The van der Waals surface area contributed by atoms with Crippen LogP contribution in [0.4, 0.5) is 5.69 Å². The van der Waals surface area contributed by atoms with E-state index in [2.05, 4.69) is 24.1 Å². The molecule has 2 fully saturated rings. The molecule has 156 valence electrons. The number of amides is 1. The topological polar surface area (TPSA) is 79.0 Å². The lowest BCUT2D eigenvalue weighted by atomic mass is 9.91. The van der Waals surface area contributed by atoms with Gasteiger partial charge in [0.2, 0.25) is 15.9 Å². The van der Waals surface area contributed by atoms with Crippen LogP contribution in [0.3, 0.4) is 0 Å². The summed E-state index contributed by atoms with van der Waals surface area (Å²) in [6.45, 7) is 9.79. The molecule has 1 aromatic carbocycles. The number of piperidine rings is 1. The van der Waals surface area contributed by atoms with Crippen LogP contribution in [-0.2, 0) is 19.6 Å². The van der Waals surface area contributed by atoms with Gasteiger partial charge in [0.05, 0.1) is 24.2 Å². The van der Waals surface area contributed by atoms with Crippen molar-refractivity contribution in [3.63, 3.8) is 0 Å². The zero-order valence-corrected chi connectivity index (χ0v) is 17.7. The third-order valence-corrected chi connectivity index (χ3v) is 7.47. The predicted octanol–water partition coefficient (Wildman–Crippen LogP) is 2.01. The van der Waals surface area contributed by atoms with Crippen molar-refractivity contribution in [3.8, 4) is 0 Å². The Bertz CT molecular complexity index is 765. The van der Waals surface area contributed by atoms with E-state index < -0.39 is 10.0 Å². The average molecular weight is 410 g/mol. The first kappa shape index (κ1) is 21.2. The highest BCUT2D eigenvalue weighted by Gasteiger charge is 2.29. The molecule has 0 unspecified atom stereocenters. The van der Waals surface area contributed by atoms with E-state index >= 15 is 0 Å². The van der Waals surface area contributed by atoms with E-state index in [4.69, 9.17) is 4.74 Å². The van der Waals surface area contributed by atoms with Crippen molar-refractivity contribution in [1.29, 1.82) is 0 Å². The van der Waals surface area contributed by atoms with Gasteiger partial charge in [-0.2, -0.15) is 4.31 Å². The quantitative estimate of drug-likeness (QED) is 0.805. The molecule has 2 saturated heterocycles. The van der Waals surface area contributed by atoms with Crippen molar-refractivity contribution in [2.45, 2.75) is 38.1 Å². The van der Waals surface area contributed by atoms with E-state index in [0.29, 0.717) is 43.8 Å². The summed E-state index contributed by atoms with van der Waals surface area (Å²) in [5, 5.41) is 2.92. The number of morpholine rings is 1. The minimum atomic E-state index is -3.52. The van der Waals surface area contributed by atoms with Gasteiger partial charge in [0.1, 0.15) is 0 Å². The van der Waals surface area contributed by atoms with Crippen molar-refractivity contribution >= 4 is 21.6 Å². The van der Waals surface area contributed by atoms with Crippen LogP contribution in [-0.4, -0.2) is 69.0 Å². The number of carbonyl (C=O) groups excluding carboxylic acids is 1. The summed E-state index contributed by atoms with van der Waals surface area (Å²) >= 11 is 0. The van der Waals surface area contributed by atoms with Crippen molar-refractivity contribution in [2.75, 3.05) is 44.7 Å². The standard InChI is InChI=1S/C20H31N3O4S/c1-15-12-16(2)14-22(13-15)17(3)20(24)21-18-4-6-19(7-5-18)28(25,26)23-8-10-27-11-9-23/h4-7,15-17H,8-14H2,1-3H3,(H,21,24)/t15-,16+,17-/m0/s1. The summed E-state index contributed by atoms with van der Waals surface area (Å²) < 4.78 is 32.0. The number of benzene rings is 1. The second-order valence-electron chi connectivity index (χ2n) is 8.11. The Morgan fingerprint density at radius 3 is 2.25 bits per heavy atom. The monoisotopic (exact) mass is 409 g/mol. The highest BCUT2D eigenvalue weighted by atomic mass is 32.2. The first-order chi connectivity index (χ1) is 13.3. The summed E-state index contributed by atoms with van der Waals surface area (Å²) in [6.07, 6.45) is 1.20. The fourth-order valence-corrected chi connectivity index (χ4v) is 5.49. The molecule has 0 spiro atoms. The second-order valence-corrected chi connectivity index (χ2v) is 10.0. The summed E-state index contributed by atoms with van der Waals surface area (Å²) in [4.78, 5) is 15.1. The van der Waals surface area contributed by atoms with Gasteiger partial charge in [-0.15, -0.1) is 0 Å². The van der Waals surface area contributed by atoms with Crippen LogP contribution in [0.2, 0.25) is 0 Å². The van der Waals surface area contributed by atoms with E-state index in [0.717, 1.165) is 13.1 Å². The van der Waals surface area contributed by atoms with Crippen molar-refractivity contribution < 1.29 is 17.9 Å². The molecule has 0 aliphatic carbocycles. The lowest BCUT2D eigenvalue weighted by Crippen LogP contribution is -2.48. The molecule has 3 atom stereocenters. The number of nitrogens with one attached hydrogen (secondary N) is 1. The largest absolute Gasteiger partial charge is 0.379 e. The number of sulfonamides is 1. The van der Waals surface area contributed by atoms with Gasteiger partial charge >= 0.3 is 0 Å². The van der Waals surface area contributed by atoms with Gasteiger partial charge < -0.3 is 10.1 Å². The Labute approximate surface area is 168 Å². The van der Waals surface area contributed by atoms with E-state index in [1.165, 1.54) is 10.7 Å². The molecule has 28 heavy (non-hydrogen) atoms. The molecule has 0 saturated carbocycles. The Hall–Kier alpha value is -1.48. The molecule has 7 nitrogen and oxygen atoms in total. The van der Waals surface area contributed by atoms with Gasteiger partial charge in [-0.05, 0) is 49.4 Å². The first-order valence-corrected chi connectivity index (χ1v) is 11.4. The molecule has 2 aliphatic heterocycles. The molecule has 8 heteroatoms. The molecule has 1 aromatic rings. The SMILES string of the molecule is C[C@@H]1C[C@H](C)CN([C@@H](C)C(=O)Nc2ccc(S(=O)(=O)N3CCOCC3)cc2)C1.